The van der Waals surface area contributed by atoms with Gasteiger partial charge in [-0.2, -0.15) is 4.98 Å². The maximum atomic E-state index is 12.5. The minimum absolute atomic E-state index is 0.0384. The summed E-state index contributed by atoms with van der Waals surface area (Å²) >= 11 is 0. The smallest absolute Gasteiger partial charge is 0.227 e. The predicted molar refractivity (Wildman–Crippen MR) is 114 cm³/mol. The quantitative estimate of drug-likeness (QED) is 0.787. The average molecular weight is 433 g/mol. The summed E-state index contributed by atoms with van der Waals surface area (Å²) < 4.78 is 35.9. The third-order valence-electron chi connectivity index (χ3n) is 6.01. The van der Waals surface area contributed by atoms with E-state index in [4.69, 9.17) is 9.97 Å². The molecule has 0 aliphatic carbocycles. The van der Waals surface area contributed by atoms with Gasteiger partial charge >= 0.3 is 0 Å². The zero-order valence-corrected chi connectivity index (χ0v) is 17.7. The van der Waals surface area contributed by atoms with Crippen LogP contribution in [0, 0.1) is 0 Å². The van der Waals surface area contributed by atoms with Gasteiger partial charge in [0.1, 0.15) is 20.6 Å². The molecule has 4 heterocycles. The van der Waals surface area contributed by atoms with Crippen LogP contribution in [0.15, 0.2) is 35.2 Å². The Labute approximate surface area is 173 Å². The van der Waals surface area contributed by atoms with Crippen LogP contribution in [0.25, 0.3) is 0 Å². The molecule has 2 aromatic rings. The normalized spacial score (nSPS) is 24.1. The SMILES string of the molecule is O=[S@]1CCc2nc(N3CC(c4ccccc4)C3)nc(NC3CCS(=O)(=O)CC3)c21. The highest BCUT2D eigenvalue weighted by atomic mass is 32.2. The first-order valence-corrected chi connectivity index (χ1v) is 13.2. The molecular formula is C20H24N4O3S2. The Hall–Kier alpha value is -2.00. The molecule has 9 heteroatoms. The van der Waals surface area contributed by atoms with Gasteiger partial charge in [0.05, 0.1) is 28.0 Å². The van der Waals surface area contributed by atoms with E-state index in [0.29, 0.717) is 47.6 Å². The van der Waals surface area contributed by atoms with E-state index in [0.717, 1.165) is 18.8 Å². The molecule has 0 spiro atoms. The monoisotopic (exact) mass is 432 g/mol. The summed E-state index contributed by atoms with van der Waals surface area (Å²) in [4.78, 5) is 12.3. The van der Waals surface area contributed by atoms with Gasteiger partial charge in [-0.3, -0.25) is 4.21 Å². The second-order valence-corrected chi connectivity index (χ2v) is 11.8. The molecule has 1 aromatic carbocycles. The van der Waals surface area contributed by atoms with Crippen LogP contribution in [0.2, 0.25) is 0 Å². The molecule has 29 heavy (non-hydrogen) atoms. The van der Waals surface area contributed by atoms with E-state index in [-0.39, 0.29) is 17.5 Å². The van der Waals surface area contributed by atoms with Crippen LogP contribution < -0.4 is 10.2 Å². The van der Waals surface area contributed by atoms with E-state index in [1.165, 1.54) is 5.56 Å². The van der Waals surface area contributed by atoms with E-state index in [1.54, 1.807) is 0 Å². The minimum atomic E-state index is -2.92. The highest BCUT2D eigenvalue weighted by molar-refractivity contribution is 7.91. The van der Waals surface area contributed by atoms with Crippen molar-refractivity contribution in [3.05, 3.63) is 41.6 Å². The highest BCUT2D eigenvalue weighted by Gasteiger charge is 2.34. The van der Waals surface area contributed by atoms with E-state index in [1.807, 2.05) is 6.07 Å². The van der Waals surface area contributed by atoms with Gasteiger partial charge in [0, 0.05) is 37.2 Å². The number of benzene rings is 1. The summed E-state index contributed by atoms with van der Waals surface area (Å²) in [5.41, 5.74) is 2.19. The maximum Gasteiger partial charge on any atom is 0.227 e. The van der Waals surface area contributed by atoms with Crippen molar-refractivity contribution in [2.24, 2.45) is 0 Å². The second-order valence-electron chi connectivity index (χ2n) is 8.03. The van der Waals surface area contributed by atoms with Gasteiger partial charge in [0.2, 0.25) is 5.95 Å². The van der Waals surface area contributed by atoms with Gasteiger partial charge in [0.15, 0.2) is 0 Å². The molecule has 2 fully saturated rings. The van der Waals surface area contributed by atoms with Crippen LogP contribution in [0.1, 0.15) is 30.0 Å². The van der Waals surface area contributed by atoms with Gasteiger partial charge in [-0.1, -0.05) is 30.3 Å². The Bertz CT molecular complexity index is 1040. The fourth-order valence-electron chi connectivity index (χ4n) is 4.23. The second kappa shape index (κ2) is 7.36. The minimum Gasteiger partial charge on any atom is -0.366 e. The first kappa shape index (κ1) is 19.0. The lowest BCUT2D eigenvalue weighted by Crippen LogP contribution is -2.46. The van der Waals surface area contributed by atoms with Crippen LogP contribution in [-0.4, -0.2) is 59.0 Å². The first-order chi connectivity index (χ1) is 14.0. The number of aromatic nitrogens is 2. The first-order valence-electron chi connectivity index (χ1n) is 10.0. The zero-order chi connectivity index (χ0) is 20.0. The van der Waals surface area contributed by atoms with Gasteiger partial charge in [-0.15, -0.1) is 0 Å². The number of aryl methyl sites for hydroxylation is 1. The summed E-state index contributed by atoms with van der Waals surface area (Å²) in [6.07, 6.45) is 1.81. The molecule has 1 N–H and O–H groups in total. The zero-order valence-electron chi connectivity index (χ0n) is 16.1. The number of nitrogens with zero attached hydrogens (tertiary/aromatic N) is 3. The number of nitrogens with one attached hydrogen (secondary N) is 1. The summed E-state index contributed by atoms with van der Waals surface area (Å²) in [6, 6.07) is 10.5. The third kappa shape index (κ3) is 3.77. The number of hydrogen-bond donors (Lipinski definition) is 1. The van der Waals surface area contributed by atoms with Crippen molar-refractivity contribution in [3.63, 3.8) is 0 Å². The van der Waals surface area contributed by atoms with E-state index in [2.05, 4.69) is 34.5 Å². The fourth-order valence-corrected chi connectivity index (χ4v) is 7.03. The van der Waals surface area contributed by atoms with Crippen molar-refractivity contribution >= 4 is 32.4 Å². The molecule has 3 aliphatic rings. The Morgan fingerprint density at radius 2 is 1.79 bits per heavy atom. The Morgan fingerprint density at radius 3 is 2.52 bits per heavy atom. The van der Waals surface area contributed by atoms with Gasteiger partial charge in [-0.05, 0) is 18.4 Å². The lowest BCUT2D eigenvalue weighted by atomic mass is 9.92. The van der Waals surface area contributed by atoms with Crippen molar-refractivity contribution < 1.29 is 12.6 Å². The summed E-state index contributed by atoms with van der Waals surface area (Å²) in [7, 11) is -4.02. The molecule has 2 saturated heterocycles. The molecule has 1 atom stereocenters. The van der Waals surface area contributed by atoms with E-state index >= 15 is 0 Å². The molecule has 0 bridgehead atoms. The number of anilines is 2. The van der Waals surface area contributed by atoms with Crippen LogP contribution in [0.3, 0.4) is 0 Å². The molecule has 3 aliphatic heterocycles. The lowest BCUT2D eigenvalue weighted by Gasteiger charge is -2.40. The molecule has 154 valence electrons. The number of fused-ring (bicyclic) bond motifs is 1. The molecule has 0 amide bonds. The number of rotatable bonds is 4. The highest BCUT2D eigenvalue weighted by Crippen LogP contribution is 2.35. The van der Waals surface area contributed by atoms with Gasteiger partial charge in [-0.25, -0.2) is 13.4 Å². The topological polar surface area (TPSA) is 92.3 Å². The fraction of sp³-hybridized carbons (Fsp3) is 0.500. The Balaban J connectivity index is 1.36. The molecule has 0 radical (unpaired) electrons. The van der Waals surface area contributed by atoms with Crippen molar-refractivity contribution in [1.29, 1.82) is 0 Å². The molecule has 1 aromatic heterocycles. The van der Waals surface area contributed by atoms with Crippen LogP contribution >= 0.6 is 0 Å². The van der Waals surface area contributed by atoms with E-state index in [9.17, 15) is 12.6 Å². The molecule has 5 rings (SSSR count). The molecule has 0 unspecified atom stereocenters. The maximum absolute atomic E-state index is 12.5. The lowest BCUT2D eigenvalue weighted by molar-refractivity contribution is 0.512. The summed E-state index contributed by atoms with van der Waals surface area (Å²) in [5, 5.41) is 3.40. The molecular weight excluding hydrogens is 408 g/mol. The van der Waals surface area contributed by atoms with Crippen molar-refractivity contribution in [3.8, 4) is 0 Å². The standard InChI is InChI=1S/C20H24N4O3S2/c25-28-9-6-17-18(28)19(21-16-7-10-29(26,27)11-8-16)23-20(22-17)24-12-15(13-24)14-4-2-1-3-5-14/h1-5,15-16H,6-13H2,(H,21,22,23)/t28-/m0/s1. The van der Waals surface area contributed by atoms with Crippen LogP contribution in [0.4, 0.5) is 11.8 Å². The largest absolute Gasteiger partial charge is 0.366 e. The van der Waals surface area contributed by atoms with Crippen molar-refractivity contribution in [1.82, 2.24) is 9.97 Å². The summed E-state index contributed by atoms with van der Waals surface area (Å²) in [5.74, 6) is 2.75. The Morgan fingerprint density at radius 1 is 1.07 bits per heavy atom. The molecule has 7 nitrogen and oxygen atoms in total. The van der Waals surface area contributed by atoms with Crippen molar-refractivity contribution in [2.45, 2.75) is 36.1 Å². The van der Waals surface area contributed by atoms with Gasteiger partial charge < -0.3 is 10.2 Å². The Kier molecular flexibility index (Phi) is 4.82. The van der Waals surface area contributed by atoms with Crippen molar-refractivity contribution in [2.75, 3.05) is 40.6 Å². The summed E-state index contributed by atoms with van der Waals surface area (Å²) in [6.45, 7) is 1.74. The molecule has 0 saturated carbocycles. The van der Waals surface area contributed by atoms with Crippen LogP contribution in [-0.2, 0) is 27.1 Å². The van der Waals surface area contributed by atoms with Gasteiger partial charge in [0.25, 0.3) is 0 Å². The average Bonchev–Trinajstić information content (AvgIpc) is 3.04. The van der Waals surface area contributed by atoms with E-state index < -0.39 is 20.6 Å². The van der Waals surface area contributed by atoms with Crippen LogP contribution in [0.5, 0.6) is 0 Å². The number of hydrogen-bond acceptors (Lipinski definition) is 7. The number of sulfone groups is 1. The third-order valence-corrected chi connectivity index (χ3v) is 9.18. The predicted octanol–water partition coefficient (Wildman–Crippen LogP) is 1.73.